The molecular formula is C22H21F2N5O2. The molecule has 7 nitrogen and oxygen atoms in total. The van der Waals surface area contributed by atoms with Crippen molar-refractivity contribution < 1.29 is 18.4 Å². The SMILES string of the molecule is NC(=O)c1cccc(NC(=O)c2cc3cccnc3nc2N2CCCC(F)(F)CC2)c1. The fraction of sp³-hybridized carbons (Fsp3) is 0.273. The Labute approximate surface area is 177 Å². The standard InChI is InChI=1S/C22H21F2N5O2/c23-22(24)7-3-10-29(11-8-22)20-17(13-15-5-2-9-26-19(15)28-20)21(31)27-16-6-1-4-14(12-16)18(25)30/h1-2,4-6,9,12-13H,3,7-8,10-11H2,(H2,25,30)(H,27,31). The highest BCUT2D eigenvalue weighted by atomic mass is 19.3. The molecule has 1 aliphatic rings. The van der Waals surface area contributed by atoms with Gasteiger partial charge in [-0.3, -0.25) is 9.59 Å². The first-order valence-electron chi connectivity index (χ1n) is 9.92. The number of nitrogens with one attached hydrogen (secondary N) is 1. The first-order valence-corrected chi connectivity index (χ1v) is 9.92. The second kappa shape index (κ2) is 8.25. The summed E-state index contributed by atoms with van der Waals surface area (Å²) in [4.78, 5) is 35.1. The third-order valence-electron chi connectivity index (χ3n) is 5.24. The van der Waals surface area contributed by atoms with Crippen molar-refractivity contribution in [3.8, 4) is 0 Å². The molecule has 2 amide bonds. The number of halogens is 2. The van der Waals surface area contributed by atoms with Gasteiger partial charge in [0.05, 0.1) is 5.56 Å². The second-order valence-electron chi connectivity index (χ2n) is 7.51. The van der Waals surface area contributed by atoms with Gasteiger partial charge in [0.25, 0.3) is 5.91 Å². The fourth-order valence-corrected chi connectivity index (χ4v) is 3.63. The minimum atomic E-state index is -2.73. The van der Waals surface area contributed by atoms with Crippen LogP contribution in [0.15, 0.2) is 48.7 Å². The lowest BCUT2D eigenvalue weighted by Crippen LogP contribution is -2.29. The molecule has 4 rings (SSSR count). The van der Waals surface area contributed by atoms with Crippen molar-refractivity contribution in [2.24, 2.45) is 5.73 Å². The Balaban J connectivity index is 1.71. The Morgan fingerprint density at radius 2 is 1.94 bits per heavy atom. The van der Waals surface area contributed by atoms with Gasteiger partial charge in [0, 0.05) is 48.8 Å². The average molecular weight is 425 g/mol. The molecule has 3 N–H and O–H groups in total. The molecule has 3 heterocycles. The molecular weight excluding hydrogens is 404 g/mol. The van der Waals surface area contributed by atoms with Crippen LogP contribution in [0.3, 0.4) is 0 Å². The van der Waals surface area contributed by atoms with Gasteiger partial charge in [-0.05, 0) is 42.8 Å². The Morgan fingerprint density at radius 3 is 2.74 bits per heavy atom. The maximum absolute atomic E-state index is 13.9. The lowest BCUT2D eigenvalue weighted by atomic mass is 10.1. The van der Waals surface area contributed by atoms with Crippen LogP contribution in [0.4, 0.5) is 20.3 Å². The normalized spacial score (nSPS) is 16.0. The van der Waals surface area contributed by atoms with E-state index in [1.54, 1.807) is 47.5 Å². The Hall–Kier alpha value is -3.62. The number of anilines is 2. The first-order chi connectivity index (χ1) is 14.8. The first kappa shape index (κ1) is 20.6. The van der Waals surface area contributed by atoms with Gasteiger partial charge < -0.3 is 16.0 Å². The second-order valence-corrected chi connectivity index (χ2v) is 7.51. The van der Waals surface area contributed by atoms with E-state index in [1.807, 2.05) is 0 Å². The number of fused-ring (bicyclic) bond motifs is 1. The van der Waals surface area contributed by atoms with Crippen molar-refractivity contribution in [2.45, 2.75) is 25.2 Å². The van der Waals surface area contributed by atoms with Crippen LogP contribution in [0.2, 0.25) is 0 Å². The summed E-state index contributed by atoms with van der Waals surface area (Å²) < 4.78 is 27.8. The molecule has 9 heteroatoms. The predicted octanol–water partition coefficient (Wildman–Crippen LogP) is 3.61. The van der Waals surface area contributed by atoms with E-state index in [1.165, 1.54) is 6.07 Å². The minimum Gasteiger partial charge on any atom is -0.366 e. The molecule has 3 aromatic rings. The van der Waals surface area contributed by atoms with Gasteiger partial charge in [-0.15, -0.1) is 0 Å². The van der Waals surface area contributed by atoms with E-state index in [0.29, 0.717) is 29.1 Å². The Kier molecular flexibility index (Phi) is 5.50. The number of carbonyl (C=O) groups excluding carboxylic acids is 2. The lowest BCUT2D eigenvalue weighted by molar-refractivity contribution is -0.0102. The van der Waals surface area contributed by atoms with Crippen LogP contribution in [0.1, 0.15) is 40.0 Å². The van der Waals surface area contributed by atoms with Gasteiger partial charge in [0.15, 0.2) is 5.65 Å². The number of carbonyl (C=O) groups is 2. The molecule has 0 radical (unpaired) electrons. The van der Waals surface area contributed by atoms with Crippen LogP contribution in [-0.4, -0.2) is 40.8 Å². The monoisotopic (exact) mass is 425 g/mol. The number of hydrogen-bond donors (Lipinski definition) is 2. The summed E-state index contributed by atoms with van der Waals surface area (Å²) in [7, 11) is 0. The van der Waals surface area contributed by atoms with Crippen LogP contribution in [0.25, 0.3) is 11.0 Å². The average Bonchev–Trinajstić information content (AvgIpc) is 2.93. The van der Waals surface area contributed by atoms with E-state index in [0.717, 1.165) is 0 Å². The Bertz CT molecular complexity index is 1150. The van der Waals surface area contributed by atoms with E-state index in [2.05, 4.69) is 15.3 Å². The number of pyridine rings is 2. The maximum atomic E-state index is 13.9. The van der Waals surface area contributed by atoms with Crippen molar-refractivity contribution in [3.63, 3.8) is 0 Å². The van der Waals surface area contributed by atoms with E-state index in [4.69, 9.17) is 5.73 Å². The van der Waals surface area contributed by atoms with Gasteiger partial charge in [-0.25, -0.2) is 18.7 Å². The van der Waals surface area contributed by atoms with Crippen molar-refractivity contribution in [3.05, 3.63) is 59.8 Å². The highest BCUT2D eigenvalue weighted by molar-refractivity contribution is 6.09. The van der Waals surface area contributed by atoms with Gasteiger partial charge in [-0.1, -0.05) is 6.07 Å². The van der Waals surface area contributed by atoms with Crippen LogP contribution in [0.5, 0.6) is 0 Å². The summed E-state index contributed by atoms with van der Waals surface area (Å²) in [6.07, 6.45) is 1.37. The zero-order chi connectivity index (χ0) is 22.0. The molecule has 1 aliphatic heterocycles. The summed E-state index contributed by atoms with van der Waals surface area (Å²) >= 11 is 0. The third kappa shape index (κ3) is 4.60. The van der Waals surface area contributed by atoms with E-state index in [-0.39, 0.29) is 36.9 Å². The van der Waals surface area contributed by atoms with Gasteiger partial charge in [-0.2, -0.15) is 0 Å². The predicted molar refractivity (Wildman–Crippen MR) is 113 cm³/mol. The zero-order valence-corrected chi connectivity index (χ0v) is 16.6. The topological polar surface area (TPSA) is 101 Å². The third-order valence-corrected chi connectivity index (χ3v) is 5.24. The van der Waals surface area contributed by atoms with Crippen LogP contribution in [-0.2, 0) is 0 Å². The molecule has 160 valence electrons. The van der Waals surface area contributed by atoms with Gasteiger partial charge in [0.1, 0.15) is 5.82 Å². The molecule has 31 heavy (non-hydrogen) atoms. The maximum Gasteiger partial charge on any atom is 0.259 e. The number of hydrogen-bond acceptors (Lipinski definition) is 5. The highest BCUT2D eigenvalue weighted by Gasteiger charge is 2.33. The van der Waals surface area contributed by atoms with Crippen molar-refractivity contribution in [1.29, 1.82) is 0 Å². The lowest BCUT2D eigenvalue weighted by Gasteiger charge is -2.24. The molecule has 2 aromatic heterocycles. The number of alkyl halides is 2. The zero-order valence-electron chi connectivity index (χ0n) is 16.6. The van der Waals surface area contributed by atoms with Gasteiger partial charge in [0.2, 0.25) is 11.8 Å². The van der Waals surface area contributed by atoms with Crippen LogP contribution in [0, 0.1) is 0 Å². The number of rotatable bonds is 4. The molecule has 1 aromatic carbocycles. The molecule has 0 saturated carbocycles. The Morgan fingerprint density at radius 1 is 1.10 bits per heavy atom. The van der Waals surface area contributed by atoms with E-state index >= 15 is 0 Å². The van der Waals surface area contributed by atoms with Crippen molar-refractivity contribution >= 4 is 34.4 Å². The largest absolute Gasteiger partial charge is 0.366 e. The quantitative estimate of drug-likeness (QED) is 0.665. The summed E-state index contributed by atoms with van der Waals surface area (Å²) in [5, 5.41) is 3.40. The van der Waals surface area contributed by atoms with Crippen LogP contribution >= 0.6 is 0 Å². The van der Waals surface area contributed by atoms with Crippen molar-refractivity contribution in [2.75, 3.05) is 23.3 Å². The van der Waals surface area contributed by atoms with E-state index in [9.17, 15) is 18.4 Å². The minimum absolute atomic E-state index is 0.0791. The van der Waals surface area contributed by atoms with Crippen molar-refractivity contribution in [1.82, 2.24) is 9.97 Å². The molecule has 0 atom stereocenters. The number of benzene rings is 1. The summed E-state index contributed by atoms with van der Waals surface area (Å²) in [5.41, 5.74) is 6.63. The number of nitrogens with two attached hydrogens (primary N) is 1. The summed E-state index contributed by atoms with van der Waals surface area (Å²) in [5.74, 6) is -3.50. The number of primary amides is 1. The van der Waals surface area contributed by atoms with Gasteiger partial charge >= 0.3 is 0 Å². The summed E-state index contributed by atoms with van der Waals surface area (Å²) in [6.45, 7) is 0.439. The fourth-order valence-electron chi connectivity index (χ4n) is 3.63. The number of amides is 2. The van der Waals surface area contributed by atoms with E-state index < -0.39 is 17.7 Å². The van der Waals surface area contributed by atoms with Crippen LogP contribution < -0.4 is 16.0 Å². The molecule has 0 unspecified atom stereocenters. The number of nitrogens with zero attached hydrogens (tertiary/aromatic N) is 3. The number of aromatic nitrogens is 2. The molecule has 0 bridgehead atoms. The summed E-state index contributed by atoms with van der Waals surface area (Å²) in [6, 6.07) is 11.4. The molecule has 0 aliphatic carbocycles. The highest BCUT2D eigenvalue weighted by Crippen LogP contribution is 2.31. The smallest absolute Gasteiger partial charge is 0.259 e. The molecule has 1 saturated heterocycles. The molecule has 0 spiro atoms. The molecule has 1 fully saturated rings.